The molecule has 0 N–H and O–H groups in total. The summed E-state index contributed by atoms with van der Waals surface area (Å²) in [7, 11) is 0. The van der Waals surface area contributed by atoms with Crippen molar-refractivity contribution in [3.05, 3.63) is 278 Å². The van der Waals surface area contributed by atoms with E-state index in [0.29, 0.717) is 40.9 Å². The van der Waals surface area contributed by atoms with Crippen LogP contribution in [-0.4, -0.2) is 39.9 Å². The van der Waals surface area contributed by atoms with Gasteiger partial charge in [0.25, 0.3) is 0 Å². The number of para-hydroxylation sites is 4. The van der Waals surface area contributed by atoms with Gasteiger partial charge in [0.2, 0.25) is 5.95 Å². The van der Waals surface area contributed by atoms with Gasteiger partial charge in [-0.25, -0.2) is 29.9 Å². The van der Waals surface area contributed by atoms with E-state index < -0.39 is 0 Å². The number of hydrogen-bond donors (Lipinski definition) is 0. The number of aromatic nitrogens is 8. The summed E-state index contributed by atoms with van der Waals surface area (Å²) in [6.45, 7) is 6.53. The van der Waals surface area contributed by atoms with Gasteiger partial charge in [-0.15, -0.1) is 0 Å². The summed E-state index contributed by atoms with van der Waals surface area (Å²) < 4.78 is 0. The molecule has 0 spiro atoms. The van der Waals surface area contributed by atoms with E-state index in [1.54, 1.807) is 0 Å². The highest BCUT2D eigenvalue weighted by Gasteiger charge is 2.36. The molecule has 0 amide bonds. The Bertz CT molecular complexity index is 4280. The smallest absolute Gasteiger partial charge is 0.238 e. The number of anilines is 6. The van der Waals surface area contributed by atoms with Crippen LogP contribution in [0.15, 0.2) is 261 Å². The van der Waals surface area contributed by atoms with Crippen molar-refractivity contribution in [2.24, 2.45) is 0 Å². The van der Waals surface area contributed by atoms with Crippen LogP contribution in [-0.2, 0) is 0 Å². The molecule has 4 heterocycles. The third-order valence-corrected chi connectivity index (χ3v) is 15.0. The van der Waals surface area contributed by atoms with E-state index >= 15 is 0 Å². The van der Waals surface area contributed by atoms with Crippen molar-refractivity contribution in [2.75, 3.05) is 9.80 Å². The van der Waals surface area contributed by atoms with E-state index in [1.165, 1.54) is 0 Å². The Labute approximate surface area is 481 Å². The number of rotatable bonds is 11. The highest BCUT2D eigenvalue weighted by atomic mass is 15.3. The lowest BCUT2D eigenvalue weighted by Crippen LogP contribution is -2.26. The van der Waals surface area contributed by atoms with Gasteiger partial charge in [-0.3, -0.25) is 4.90 Å². The zero-order valence-electron chi connectivity index (χ0n) is 45.8. The summed E-state index contributed by atoms with van der Waals surface area (Å²) in [5.74, 6) is 3.69. The Morgan fingerprint density at radius 2 is 0.578 bits per heavy atom. The van der Waals surface area contributed by atoms with Crippen LogP contribution >= 0.6 is 0 Å². The van der Waals surface area contributed by atoms with Crippen LogP contribution in [0.25, 0.3) is 102 Å². The molecule has 0 radical (unpaired) electrons. The van der Waals surface area contributed by atoms with E-state index in [-0.39, 0.29) is 0 Å². The lowest BCUT2D eigenvalue weighted by Gasteiger charge is -2.40. The van der Waals surface area contributed by atoms with Gasteiger partial charge in [-0.1, -0.05) is 224 Å². The first kappa shape index (κ1) is 50.1. The second-order valence-electron chi connectivity index (χ2n) is 20.6. The summed E-state index contributed by atoms with van der Waals surface area (Å²) >= 11 is 0. The van der Waals surface area contributed by atoms with Crippen LogP contribution in [0, 0.1) is 20.8 Å². The molecule has 0 aliphatic carbocycles. The number of benzene rings is 10. The van der Waals surface area contributed by atoms with Crippen molar-refractivity contribution in [1.29, 1.82) is 0 Å². The van der Waals surface area contributed by atoms with Gasteiger partial charge in [0.15, 0.2) is 34.9 Å². The zero-order chi connectivity index (χ0) is 55.8. The van der Waals surface area contributed by atoms with Crippen LogP contribution in [0.4, 0.5) is 34.4 Å². The Kier molecular flexibility index (Phi) is 13.0. The quantitative estimate of drug-likeness (QED) is 0.124. The van der Waals surface area contributed by atoms with Crippen LogP contribution in [0.2, 0.25) is 0 Å². The largest absolute Gasteiger partial charge is 0.306 e. The highest BCUT2D eigenvalue weighted by molar-refractivity contribution is 6.07. The SMILES string of the molecule is Cc1cc(C)c(-c2c(-c3nc(-c4ccccc4)cc(-c4ccccc4)n3)ccc(N3c4ccccc4N(c4nc(-c5ccccc5)nc(-c5ccccc5)n4)c4ccccc43)c2-c2nc(-c3ccccc3)nc(-c3ccccc3)n2)c(C)c1. The van der Waals surface area contributed by atoms with Gasteiger partial charge in [0.05, 0.1) is 45.4 Å². The summed E-state index contributed by atoms with van der Waals surface area (Å²) in [5.41, 5.74) is 18.1. The number of nitrogens with zero attached hydrogens (tertiary/aromatic N) is 10. The van der Waals surface area contributed by atoms with E-state index in [4.69, 9.17) is 39.9 Å². The molecule has 1 aliphatic heterocycles. The maximum absolute atomic E-state index is 5.61. The predicted octanol–water partition coefficient (Wildman–Crippen LogP) is 18.0. The van der Waals surface area contributed by atoms with Gasteiger partial charge in [-0.05, 0) is 79.9 Å². The fraction of sp³-hybridized carbons (Fsp3) is 0.0411. The van der Waals surface area contributed by atoms with Crippen molar-refractivity contribution >= 4 is 34.4 Å². The predicted molar refractivity (Wildman–Crippen MR) is 335 cm³/mol. The molecule has 394 valence electrons. The van der Waals surface area contributed by atoms with Gasteiger partial charge in [0, 0.05) is 44.5 Å². The fourth-order valence-electron chi connectivity index (χ4n) is 11.3. The summed E-state index contributed by atoms with van der Waals surface area (Å²) in [6.07, 6.45) is 0. The Balaban J connectivity index is 1.10. The third kappa shape index (κ3) is 9.53. The second kappa shape index (κ2) is 21.5. The summed E-state index contributed by atoms with van der Waals surface area (Å²) in [6, 6.07) is 89.0. The van der Waals surface area contributed by atoms with E-state index in [1.807, 2.05) is 158 Å². The fourth-order valence-corrected chi connectivity index (χ4v) is 11.3. The zero-order valence-corrected chi connectivity index (χ0v) is 45.8. The standard InChI is InChI=1S/C73H52N10/c1-47-44-48(2)64(49(3)45-47)65-56(71-74-57(50-26-10-4-11-27-50)46-58(75-71)51-28-12-5-13-29-51)42-43-63(66(65)72-78-67(52-30-14-6-15-31-52)76-68(79-72)53-32-16-7-17-33-53)82-59-38-22-24-40-61(59)83(62-41-25-23-39-60(62)82)73-80-69(54-34-18-8-19-35-54)77-70(81-73)55-36-20-9-21-37-55/h4-46H,1-3H3. The van der Waals surface area contributed by atoms with Crippen molar-refractivity contribution in [3.63, 3.8) is 0 Å². The lowest BCUT2D eigenvalue weighted by molar-refractivity contribution is 1.01. The first-order valence-corrected chi connectivity index (χ1v) is 27.7. The molecule has 10 aromatic carbocycles. The molecular weight excluding hydrogens is 1020 g/mol. The molecule has 10 nitrogen and oxygen atoms in total. The second-order valence-corrected chi connectivity index (χ2v) is 20.6. The average Bonchev–Trinajstić information content (AvgIpc) is 3.10. The van der Waals surface area contributed by atoms with E-state index in [2.05, 4.69) is 134 Å². The lowest BCUT2D eigenvalue weighted by atomic mass is 9.85. The van der Waals surface area contributed by atoms with Gasteiger partial charge in [-0.2, -0.15) is 9.97 Å². The first-order valence-electron chi connectivity index (χ1n) is 27.7. The minimum absolute atomic E-state index is 0.473. The monoisotopic (exact) mass is 1070 g/mol. The van der Waals surface area contributed by atoms with Crippen LogP contribution < -0.4 is 9.80 Å². The van der Waals surface area contributed by atoms with Gasteiger partial charge >= 0.3 is 0 Å². The van der Waals surface area contributed by atoms with Crippen LogP contribution in [0.5, 0.6) is 0 Å². The molecule has 0 saturated carbocycles. The van der Waals surface area contributed by atoms with Crippen molar-refractivity contribution < 1.29 is 0 Å². The van der Waals surface area contributed by atoms with Gasteiger partial charge < -0.3 is 4.90 Å². The Morgan fingerprint density at radius 3 is 0.976 bits per heavy atom. The molecule has 1 aliphatic rings. The molecule has 13 aromatic rings. The van der Waals surface area contributed by atoms with Crippen LogP contribution in [0.3, 0.4) is 0 Å². The molecular formula is C73H52N10. The van der Waals surface area contributed by atoms with Crippen molar-refractivity contribution in [1.82, 2.24) is 39.9 Å². The molecule has 0 atom stereocenters. The molecule has 0 unspecified atom stereocenters. The maximum Gasteiger partial charge on any atom is 0.238 e. The topological polar surface area (TPSA) is 110 Å². The molecule has 83 heavy (non-hydrogen) atoms. The number of aryl methyl sites for hydroxylation is 3. The summed E-state index contributed by atoms with van der Waals surface area (Å²) in [4.78, 5) is 47.8. The van der Waals surface area contributed by atoms with Crippen molar-refractivity contribution in [2.45, 2.75) is 20.8 Å². The Hall–Kier alpha value is -11.1. The molecule has 0 saturated heterocycles. The minimum Gasteiger partial charge on any atom is -0.306 e. The third-order valence-electron chi connectivity index (χ3n) is 15.0. The summed E-state index contributed by atoms with van der Waals surface area (Å²) in [5, 5.41) is 0. The minimum atomic E-state index is 0.473. The molecule has 0 bridgehead atoms. The first-order chi connectivity index (χ1) is 40.9. The molecule has 0 fully saturated rings. The van der Waals surface area contributed by atoms with Crippen LogP contribution in [0.1, 0.15) is 16.7 Å². The highest BCUT2D eigenvalue weighted by Crippen LogP contribution is 2.57. The molecule has 10 heteroatoms. The van der Waals surface area contributed by atoms with E-state index in [0.717, 1.165) is 112 Å². The van der Waals surface area contributed by atoms with E-state index in [9.17, 15) is 0 Å². The molecule has 3 aromatic heterocycles. The van der Waals surface area contributed by atoms with Crippen molar-refractivity contribution in [3.8, 4) is 102 Å². The molecule has 14 rings (SSSR count). The number of fused-ring (bicyclic) bond motifs is 2. The maximum atomic E-state index is 5.61. The normalized spacial score (nSPS) is 11.7. The number of hydrogen-bond acceptors (Lipinski definition) is 10. The average molecular weight is 1070 g/mol. The van der Waals surface area contributed by atoms with Gasteiger partial charge in [0.1, 0.15) is 0 Å². The Morgan fingerprint density at radius 1 is 0.241 bits per heavy atom.